The maximum Gasteiger partial charge on any atom is 0.333 e. The molecule has 7 aliphatic heterocycles. The van der Waals surface area contributed by atoms with E-state index in [9.17, 15) is 28.8 Å². The first-order valence-electron chi connectivity index (χ1n) is 27.6. The van der Waals surface area contributed by atoms with Crippen LogP contribution in [0.5, 0.6) is 0 Å². The number of nitrogens with zero attached hydrogens (tertiary/aromatic N) is 3. The van der Waals surface area contributed by atoms with Gasteiger partial charge in [0, 0.05) is 46.9 Å². The van der Waals surface area contributed by atoms with Crippen molar-refractivity contribution in [3.8, 4) is 0 Å². The van der Waals surface area contributed by atoms with Crippen molar-refractivity contribution >= 4 is 35.6 Å². The first-order chi connectivity index (χ1) is 34.2. The molecule has 9 saturated carbocycles. The standard InChI is InChI=1S/C21H27NO4.C21H29NO4.C15H21NO4/c1-10(2)20(24)26-18-15-6-14-17(25-15)16(18)22(19(14)23)21-7-11-3-12(8-21)5-13(4-11)9-21;1-3-18(23)26-19-16-7-15(8-17(19)25-2)20(24)22(16)21-9-12-4-13(10-21)6-14(5-12)11-21;1-7(2)14(18)20-12-9-6-8-11(19-9)10(12)16(13(8)17)15(3,4)5/h11-18H,1,3-9H2,2H3;3,12-17,19H,1,4-11H2,2H3;8-12H,1,6H2,2-5H3. The second-order valence-corrected chi connectivity index (χ2v) is 26.4. The summed E-state index contributed by atoms with van der Waals surface area (Å²) in [6, 6.07) is -0.272. The maximum absolute atomic E-state index is 13.4. The number of likely N-dealkylation sites (tertiary alicyclic amines) is 3. The first kappa shape index (κ1) is 48.8. The van der Waals surface area contributed by atoms with Gasteiger partial charge in [-0.3, -0.25) is 14.4 Å². The van der Waals surface area contributed by atoms with Gasteiger partial charge in [0.25, 0.3) is 0 Å². The van der Waals surface area contributed by atoms with Crippen LogP contribution in [-0.4, -0.2) is 141 Å². The molecule has 0 spiro atoms. The summed E-state index contributed by atoms with van der Waals surface area (Å²) in [5, 5.41) is 0. The number of amides is 3. The highest BCUT2D eigenvalue weighted by atomic mass is 16.6. The molecular weight excluding hydrogens is 919 g/mol. The number of carbonyl (C=O) groups is 6. The Morgan fingerprint density at radius 2 is 1.04 bits per heavy atom. The van der Waals surface area contributed by atoms with Crippen molar-refractivity contribution in [2.24, 2.45) is 53.3 Å². The van der Waals surface area contributed by atoms with E-state index in [1.165, 1.54) is 44.6 Å². The van der Waals surface area contributed by atoms with Gasteiger partial charge in [-0.1, -0.05) is 19.7 Å². The quantitative estimate of drug-likeness (QED) is 0.142. The molecule has 9 aliphatic carbocycles. The van der Waals surface area contributed by atoms with Crippen LogP contribution in [0.1, 0.15) is 137 Å². The van der Waals surface area contributed by atoms with Crippen molar-refractivity contribution in [1.82, 2.24) is 14.7 Å². The van der Waals surface area contributed by atoms with Gasteiger partial charge in [-0.15, -0.1) is 0 Å². The van der Waals surface area contributed by atoms with Crippen LogP contribution in [0.2, 0.25) is 0 Å². The predicted molar refractivity (Wildman–Crippen MR) is 260 cm³/mol. The number of methoxy groups -OCH3 is 1. The van der Waals surface area contributed by atoms with E-state index in [2.05, 4.69) is 29.5 Å². The Labute approximate surface area is 424 Å². The molecule has 0 aromatic rings. The van der Waals surface area contributed by atoms with Gasteiger partial charge < -0.3 is 43.1 Å². The number of ether oxygens (including phenoxy) is 6. The maximum atomic E-state index is 13.4. The Kier molecular flexibility index (Phi) is 11.7. The summed E-state index contributed by atoms with van der Waals surface area (Å²) in [7, 11) is 1.66. The molecule has 0 aromatic carbocycles. The minimum Gasteiger partial charge on any atom is -0.454 e. The Morgan fingerprint density at radius 1 is 0.597 bits per heavy atom. The SMILES string of the molecule is C=C(C)C(=O)OC1C2CC3C(=O)N(C(C)(C)C)C1C3O2.C=C(C)C(=O)OC1C2CC3C(=O)N(C45CC6CC(CC(C6)C4)C5)C1C3O2.C=CC(=O)OC1C(OC)CC2CC1N(C13CC4CC(CC(C4)C1)C3)C2=O. The fraction of sp³-hybridized carbons (Fsp3) is 0.789. The fourth-order valence-electron chi connectivity index (χ4n) is 19.0. The Hall–Kier alpha value is -4.08. The van der Waals surface area contributed by atoms with Crippen molar-refractivity contribution in [1.29, 1.82) is 0 Å². The van der Waals surface area contributed by atoms with Gasteiger partial charge in [-0.05, 0) is 173 Å². The summed E-state index contributed by atoms with van der Waals surface area (Å²) in [4.78, 5) is 81.5. The van der Waals surface area contributed by atoms with Crippen LogP contribution in [0.25, 0.3) is 0 Å². The molecule has 72 heavy (non-hydrogen) atoms. The van der Waals surface area contributed by atoms with Gasteiger partial charge in [0.15, 0.2) is 12.2 Å². The number of carbonyl (C=O) groups excluding carboxylic acids is 6. The summed E-state index contributed by atoms with van der Waals surface area (Å²) in [5.74, 6) is 4.14. The summed E-state index contributed by atoms with van der Waals surface area (Å²) in [6.07, 6.45) is 17.3. The molecule has 15 nitrogen and oxygen atoms in total. The lowest BCUT2D eigenvalue weighted by molar-refractivity contribution is -0.170. The van der Waals surface area contributed by atoms with Crippen molar-refractivity contribution < 1.29 is 57.2 Å². The summed E-state index contributed by atoms with van der Waals surface area (Å²) < 4.78 is 34.8. The molecule has 0 radical (unpaired) electrons. The molecule has 14 unspecified atom stereocenters. The fourth-order valence-corrected chi connectivity index (χ4v) is 19.0. The van der Waals surface area contributed by atoms with E-state index in [1.807, 2.05) is 25.7 Å². The van der Waals surface area contributed by atoms with Gasteiger partial charge in [-0.25, -0.2) is 14.4 Å². The van der Waals surface area contributed by atoms with Crippen LogP contribution in [-0.2, 0) is 57.2 Å². The van der Waals surface area contributed by atoms with E-state index >= 15 is 0 Å². The molecule has 16 fully saturated rings. The van der Waals surface area contributed by atoms with Crippen molar-refractivity contribution in [3.63, 3.8) is 0 Å². The molecule has 16 rings (SSSR count). The van der Waals surface area contributed by atoms with Gasteiger partial charge in [0.1, 0.15) is 6.10 Å². The summed E-state index contributed by atoms with van der Waals surface area (Å²) >= 11 is 0. The molecule has 3 amide bonds. The minimum absolute atomic E-state index is 0.0000286. The number of esters is 3. The first-order valence-corrected chi connectivity index (χ1v) is 27.6. The number of hydrogen-bond acceptors (Lipinski definition) is 12. The van der Waals surface area contributed by atoms with Crippen LogP contribution < -0.4 is 0 Å². The number of rotatable bonds is 9. The highest BCUT2D eigenvalue weighted by Gasteiger charge is 2.72. The van der Waals surface area contributed by atoms with E-state index in [4.69, 9.17) is 28.4 Å². The lowest BCUT2D eigenvalue weighted by Gasteiger charge is -2.61. The molecule has 15 heteroatoms. The number of hydrogen-bond donors (Lipinski definition) is 0. The van der Waals surface area contributed by atoms with E-state index in [-0.39, 0.29) is 125 Å². The Morgan fingerprint density at radius 3 is 1.49 bits per heavy atom. The summed E-state index contributed by atoms with van der Waals surface area (Å²) in [6.45, 7) is 20.2. The van der Waals surface area contributed by atoms with Crippen molar-refractivity contribution in [2.45, 2.75) is 221 Å². The predicted octanol–water partition coefficient (Wildman–Crippen LogP) is 6.40. The zero-order valence-corrected chi connectivity index (χ0v) is 43.3. The Balaban J connectivity index is 0.000000112. The third-order valence-corrected chi connectivity index (χ3v) is 20.6. The third kappa shape index (κ3) is 7.54. The van der Waals surface area contributed by atoms with Crippen LogP contribution in [0.3, 0.4) is 0 Å². The topological polar surface area (TPSA) is 168 Å². The van der Waals surface area contributed by atoms with Crippen LogP contribution in [0.4, 0.5) is 0 Å². The minimum atomic E-state index is -0.416. The van der Waals surface area contributed by atoms with E-state index in [0.717, 1.165) is 80.5 Å². The number of fused-ring (bicyclic) bond motifs is 4. The van der Waals surface area contributed by atoms with E-state index in [0.29, 0.717) is 30.4 Å². The molecule has 16 aliphatic rings. The summed E-state index contributed by atoms with van der Waals surface area (Å²) in [5.41, 5.74) is 0.490. The van der Waals surface area contributed by atoms with Crippen LogP contribution in [0.15, 0.2) is 37.0 Å². The average molecular weight is 996 g/mol. The smallest absolute Gasteiger partial charge is 0.333 e. The zero-order valence-electron chi connectivity index (χ0n) is 43.3. The highest BCUT2D eigenvalue weighted by molar-refractivity contribution is 5.89. The van der Waals surface area contributed by atoms with Gasteiger partial charge in [0.05, 0.1) is 60.5 Å². The molecule has 392 valence electrons. The molecule has 7 saturated heterocycles. The Bertz CT molecular complexity index is 2280. The van der Waals surface area contributed by atoms with Crippen LogP contribution in [0, 0.1) is 53.3 Å². The second kappa shape index (κ2) is 17.2. The van der Waals surface area contributed by atoms with E-state index in [1.54, 1.807) is 21.0 Å². The highest BCUT2D eigenvalue weighted by Crippen LogP contribution is 2.63. The molecule has 0 aromatic heterocycles. The molecule has 0 N–H and O–H groups in total. The van der Waals surface area contributed by atoms with E-state index < -0.39 is 11.9 Å². The van der Waals surface area contributed by atoms with Gasteiger partial charge in [0.2, 0.25) is 17.7 Å². The normalized spacial score (nSPS) is 47.4. The van der Waals surface area contributed by atoms with Crippen molar-refractivity contribution in [3.05, 3.63) is 37.0 Å². The molecule has 14 atom stereocenters. The van der Waals surface area contributed by atoms with Crippen LogP contribution >= 0.6 is 0 Å². The molecule has 7 heterocycles. The second-order valence-electron chi connectivity index (χ2n) is 26.4. The lowest BCUT2D eigenvalue weighted by atomic mass is 9.52. The lowest BCUT2D eigenvalue weighted by Crippen LogP contribution is -2.64. The van der Waals surface area contributed by atoms with Gasteiger partial charge in [-0.2, -0.15) is 0 Å². The zero-order chi connectivity index (χ0) is 50.7. The van der Waals surface area contributed by atoms with Crippen molar-refractivity contribution in [2.75, 3.05) is 7.11 Å². The monoisotopic (exact) mass is 996 g/mol. The molecular formula is C57H77N3O12. The largest absolute Gasteiger partial charge is 0.454 e. The van der Waals surface area contributed by atoms with Gasteiger partial charge >= 0.3 is 17.9 Å². The third-order valence-electron chi connectivity index (χ3n) is 20.6. The average Bonchev–Trinajstić information content (AvgIpc) is 4.17. The molecule has 14 bridgehead atoms.